The quantitative estimate of drug-likeness (QED) is 0.730. The van der Waals surface area contributed by atoms with Gasteiger partial charge in [-0.2, -0.15) is 0 Å². The molecule has 0 unspecified atom stereocenters. The minimum atomic E-state index is 0.576. The first-order valence-corrected chi connectivity index (χ1v) is 4.40. The molecule has 0 amide bonds. The van der Waals surface area contributed by atoms with Crippen molar-refractivity contribution >= 4 is 23.0 Å². The number of anilines is 2. The van der Waals surface area contributed by atoms with Gasteiger partial charge in [0.2, 0.25) is 0 Å². The molecule has 1 rings (SSSR count). The van der Waals surface area contributed by atoms with Gasteiger partial charge in [-0.1, -0.05) is 18.2 Å². The normalized spacial score (nSPS) is 9.69. The SMILES string of the molecule is C=C(Cl)CNc1ccc(N)cc1C. The van der Waals surface area contributed by atoms with Gasteiger partial charge in [0.1, 0.15) is 0 Å². The maximum Gasteiger partial charge on any atom is 0.0501 e. The average molecular weight is 197 g/mol. The molecule has 0 spiro atoms. The van der Waals surface area contributed by atoms with Crippen molar-refractivity contribution in [2.75, 3.05) is 17.6 Å². The van der Waals surface area contributed by atoms with Gasteiger partial charge in [-0.3, -0.25) is 0 Å². The molecule has 0 aliphatic heterocycles. The Morgan fingerprint density at radius 2 is 2.31 bits per heavy atom. The third kappa shape index (κ3) is 2.99. The van der Waals surface area contributed by atoms with Gasteiger partial charge in [-0.15, -0.1) is 0 Å². The zero-order valence-corrected chi connectivity index (χ0v) is 8.36. The van der Waals surface area contributed by atoms with Gasteiger partial charge in [0.15, 0.2) is 0 Å². The highest BCUT2D eigenvalue weighted by molar-refractivity contribution is 6.29. The molecule has 1 aromatic rings. The number of nitrogens with one attached hydrogen (secondary N) is 1. The van der Waals surface area contributed by atoms with Crippen LogP contribution in [0.25, 0.3) is 0 Å². The van der Waals surface area contributed by atoms with Crippen LogP contribution >= 0.6 is 11.6 Å². The lowest BCUT2D eigenvalue weighted by Crippen LogP contribution is -2.02. The van der Waals surface area contributed by atoms with Crippen LogP contribution in [0.4, 0.5) is 11.4 Å². The van der Waals surface area contributed by atoms with E-state index in [0.29, 0.717) is 11.6 Å². The fourth-order valence-corrected chi connectivity index (χ4v) is 1.14. The van der Waals surface area contributed by atoms with Crippen molar-refractivity contribution in [3.05, 3.63) is 35.4 Å². The summed E-state index contributed by atoms with van der Waals surface area (Å²) in [6.07, 6.45) is 0. The molecule has 1 aromatic carbocycles. The van der Waals surface area contributed by atoms with Crippen LogP contribution in [0.5, 0.6) is 0 Å². The van der Waals surface area contributed by atoms with Crippen LogP contribution in [0, 0.1) is 6.92 Å². The zero-order valence-electron chi connectivity index (χ0n) is 7.60. The molecule has 3 N–H and O–H groups in total. The van der Waals surface area contributed by atoms with E-state index in [1.807, 2.05) is 25.1 Å². The number of hydrogen-bond donors (Lipinski definition) is 2. The molecule has 0 aliphatic carbocycles. The van der Waals surface area contributed by atoms with Crippen molar-refractivity contribution < 1.29 is 0 Å². The molecule has 0 fully saturated rings. The molecule has 0 saturated carbocycles. The summed E-state index contributed by atoms with van der Waals surface area (Å²) < 4.78 is 0. The summed E-state index contributed by atoms with van der Waals surface area (Å²) in [5, 5.41) is 3.75. The fourth-order valence-electron chi connectivity index (χ4n) is 1.08. The summed E-state index contributed by atoms with van der Waals surface area (Å²) in [7, 11) is 0. The molecule has 70 valence electrons. The van der Waals surface area contributed by atoms with Gasteiger partial charge in [0.05, 0.1) is 6.54 Å². The summed E-state index contributed by atoms with van der Waals surface area (Å²) >= 11 is 5.63. The van der Waals surface area contributed by atoms with Gasteiger partial charge in [-0.05, 0) is 30.7 Å². The molecule has 0 aliphatic rings. The zero-order chi connectivity index (χ0) is 9.84. The topological polar surface area (TPSA) is 38.0 Å². The lowest BCUT2D eigenvalue weighted by atomic mass is 10.2. The van der Waals surface area contributed by atoms with Gasteiger partial charge in [0.25, 0.3) is 0 Å². The van der Waals surface area contributed by atoms with E-state index in [9.17, 15) is 0 Å². The molecular formula is C10H13ClN2. The smallest absolute Gasteiger partial charge is 0.0501 e. The van der Waals surface area contributed by atoms with Crippen LogP contribution in [-0.4, -0.2) is 6.54 Å². The Labute approximate surface area is 83.4 Å². The Morgan fingerprint density at radius 1 is 1.62 bits per heavy atom. The molecule has 2 nitrogen and oxygen atoms in total. The molecular weight excluding hydrogens is 184 g/mol. The van der Waals surface area contributed by atoms with Crippen molar-refractivity contribution in [1.82, 2.24) is 0 Å². The van der Waals surface area contributed by atoms with Gasteiger partial charge >= 0.3 is 0 Å². The summed E-state index contributed by atoms with van der Waals surface area (Å²) in [6.45, 7) is 6.17. The van der Waals surface area contributed by atoms with Crippen molar-refractivity contribution in [2.45, 2.75) is 6.92 Å². The van der Waals surface area contributed by atoms with Gasteiger partial charge in [0, 0.05) is 16.4 Å². The standard InChI is InChI=1S/C10H13ClN2/c1-7-5-9(12)3-4-10(7)13-6-8(2)11/h3-5,13H,2,6,12H2,1H3. The van der Waals surface area contributed by atoms with Crippen molar-refractivity contribution in [1.29, 1.82) is 0 Å². The highest BCUT2D eigenvalue weighted by Gasteiger charge is 1.97. The summed E-state index contributed by atoms with van der Waals surface area (Å²) in [4.78, 5) is 0. The number of benzene rings is 1. The van der Waals surface area contributed by atoms with Crippen LogP contribution < -0.4 is 11.1 Å². The summed E-state index contributed by atoms with van der Waals surface area (Å²) in [5.74, 6) is 0. The molecule has 0 radical (unpaired) electrons. The summed E-state index contributed by atoms with van der Waals surface area (Å²) in [6, 6.07) is 5.70. The fraction of sp³-hybridized carbons (Fsp3) is 0.200. The van der Waals surface area contributed by atoms with Crippen LogP contribution in [0.2, 0.25) is 0 Å². The highest BCUT2D eigenvalue weighted by Crippen LogP contribution is 2.17. The van der Waals surface area contributed by atoms with E-state index >= 15 is 0 Å². The van der Waals surface area contributed by atoms with E-state index < -0.39 is 0 Å². The molecule has 3 heteroatoms. The van der Waals surface area contributed by atoms with E-state index in [-0.39, 0.29) is 0 Å². The molecule has 0 saturated heterocycles. The Morgan fingerprint density at radius 3 is 2.85 bits per heavy atom. The Balaban J connectivity index is 2.72. The van der Waals surface area contributed by atoms with Crippen molar-refractivity contribution in [3.8, 4) is 0 Å². The lowest BCUT2D eigenvalue weighted by Gasteiger charge is -2.08. The molecule has 13 heavy (non-hydrogen) atoms. The predicted octanol–water partition coefficient (Wildman–Crippen LogP) is 2.74. The number of hydrogen-bond acceptors (Lipinski definition) is 2. The number of nitrogens with two attached hydrogens (primary N) is 1. The van der Waals surface area contributed by atoms with Crippen molar-refractivity contribution in [3.63, 3.8) is 0 Å². The monoisotopic (exact) mass is 196 g/mol. The molecule has 0 aromatic heterocycles. The third-order valence-corrected chi connectivity index (χ3v) is 1.85. The third-order valence-electron chi connectivity index (χ3n) is 1.72. The maximum atomic E-state index is 5.63. The second-order valence-corrected chi connectivity index (χ2v) is 3.48. The molecule has 0 atom stereocenters. The molecule has 0 heterocycles. The minimum Gasteiger partial charge on any atom is -0.399 e. The lowest BCUT2D eigenvalue weighted by molar-refractivity contribution is 1.29. The molecule has 0 bridgehead atoms. The van der Waals surface area contributed by atoms with Gasteiger partial charge in [-0.25, -0.2) is 0 Å². The minimum absolute atomic E-state index is 0.576. The summed E-state index contributed by atoms with van der Waals surface area (Å²) in [5.41, 5.74) is 8.53. The number of rotatable bonds is 3. The Kier molecular flexibility index (Phi) is 3.20. The van der Waals surface area contributed by atoms with Crippen LogP contribution in [0.15, 0.2) is 29.8 Å². The first kappa shape index (κ1) is 9.93. The van der Waals surface area contributed by atoms with Crippen LogP contribution in [0.1, 0.15) is 5.56 Å². The number of nitrogen functional groups attached to an aromatic ring is 1. The van der Waals surface area contributed by atoms with Crippen molar-refractivity contribution in [2.24, 2.45) is 0 Å². The van der Waals surface area contributed by atoms with E-state index in [4.69, 9.17) is 17.3 Å². The largest absolute Gasteiger partial charge is 0.399 e. The predicted molar refractivity (Wildman–Crippen MR) is 59.1 cm³/mol. The second kappa shape index (κ2) is 4.19. The number of halogens is 1. The van der Waals surface area contributed by atoms with Crippen LogP contribution in [-0.2, 0) is 0 Å². The van der Waals surface area contributed by atoms with E-state index in [1.165, 1.54) is 0 Å². The first-order valence-electron chi connectivity index (χ1n) is 4.03. The Hall–Kier alpha value is -1.15. The first-order chi connectivity index (χ1) is 6.09. The van der Waals surface area contributed by atoms with E-state index in [0.717, 1.165) is 16.9 Å². The highest BCUT2D eigenvalue weighted by atomic mass is 35.5. The van der Waals surface area contributed by atoms with Gasteiger partial charge < -0.3 is 11.1 Å². The average Bonchev–Trinajstić information content (AvgIpc) is 2.02. The second-order valence-electron chi connectivity index (χ2n) is 2.95. The van der Waals surface area contributed by atoms with E-state index in [2.05, 4.69) is 11.9 Å². The maximum absolute atomic E-state index is 5.63. The van der Waals surface area contributed by atoms with Crippen LogP contribution in [0.3, 0.4) is 0 Å². The number of aryl methyl sites for hydroxylation is 1. The van der Waals surface area contributed by atoms with E-state index in [1.54, 1.807) is 0 Å². The Bertz CT molecular complexity index is 321.